The van der Waals surface area contributed by atoms with Gasteiger partial charge in [0.2, 0.25) is 0 Å². The third-order valence-corrected chi connectivity index (χ3v) is 6.01. The first-order chi connectivity index (χ1) is 13.3. The molecule has 4 nitrogen and oxygen atoms in total. The Morgan fingerprint density at radius 3 is 2.59 bits per heavy atom. The molecule has 1 atom stereocenters. The summed E-state index contributed by atoms with van der Waals surface area (Å²) < 4.78 is 22.1. The lowest BCUT2D eigenvalue weighted by Crippen LogP contribution is -2.36. The van der Waals surface area contributed by atoms with Gasteiger partial charge in [-0.05, 0) is 49.1 Å². The highest BCUT2D eigenvalue weighted by molar-refractivity contribution is 5.69. The molecule has 0 saturated carbocycles. The minimum Gasteiger partial charge on any atom is -0.497 e. The van der Waals surface area contributed by atoms with Crippen molar-refractivity contribution in [1.82, 2.24) is 9.55 Å². The van der Waals surface area contributed by atoms with Crippen molar-refractivity contribution in [2.45, 2.75) is 18.9 Å². The van der Waals surface area contributed by atoms with Crippen molar-refractivity contribution in [1.29, 1.82) is 0 Å². The maximum absolute atomic E-state index is 14.7. The van der Waals surface area contributed by atoms with Gasteiger partial charge >= 0.3 is 0 Å². The van der Waals surface area contributed by atoms with Crippen LogP contribution in [-0.2, 0) is 0 Å². The van der Waals surface area contributed by atoms with Crippen molar-refractivity contribution in [3.05, 3.63) is 66.4 Å². The minimum atomic E-state index is -0.0983. The first-order valence-electron chi connectivity index (χ1n) is 9.46. The molecule has 2 aromatic carbocycles. The van der Waals surface area contributed by atoms with E-state index >= 15 is 0 Å². The van der Waals surface area contributed by atoms with Gasteiger partial charge in [0.1, 0.15) is 11.6 Å². The number of methoxy groups -OCH3 is 1. The topological polar surface area (TPSA) is 30.3 Å². The standard InChI is InChI=1S/C22H22FN3O/c1-27-17-7-5-16(6-8-17)25-11-9-15(10-12-25)22-21-18(3-2-4-19(21)23)20-13-24-14-26(20)22/h2-8,13-15,22H,9-12H2,1H3. The molecule has 27 heavy (non-hydrogen) atoms. The second kappa shape index (κ2) is 6.41. The molecule has 3 heterocycles. The summed E-state index contributed by atoms with van der Waals surface area (Å²) in [6.07, 6.45) is 5.77. The van der Waals surface area contributed by atoms with Crippen LogP contribution < -0.4 is 9.64 Å². The van der Waals surface area contributed by atoms with Gasteiger partial charge in [-0.2, -0.15) is 0 Å². The molecule has 0 spiro atoms. The first kappa shape index (κ1) is 16.4. The van der Waals surface area contributed by atoms with Gasteiger partial charge in [0, 0.05) is 29.9 Å². The van der Waals surface area contributed by atoms with Crippen LogP contribution in [0.2, 0.25) is 0 Å². The number of anilines is 1. The van der Waals surface area contributed by atoms with Gasteiger partial charge in [-0.25, -0.2) is 9.37 Å². The molecule has 1 saturated heterocycles. The molecule has 3 aromatic rings. The molecule has 1 aromatic heterocycles. The molecule has 0 aliphatic carbocycles. The zero-order valence-corrected chi connectivity index (χ0v) is 15.3. The monoisotopic (exact) mass is 363 g/mol. The van der Waals surface area contributed by atoms with Gasteiger partial charge in [-0.1, -0.05) is 12.1 Å². The summed E-state index contributed by atoms with van der Waals surface area (Å²) in [7, 11) is 1.68. The van der Waals surface area contributed by atoms with Gasteiger partial charge in [-0.15, -0.1) is 0 Å². The van der Waals surface area contributed by atoms with Crippen molar-refractivity contribution in [3.8, 4) is 17.0 Å². The quantitative estimate of drug-likeness (QED) is 0.685. The Bertz CT molecular complexity index is 958. The molecule has 0 bridgehead atoms. The molecule has 5 rings (SSSR count). The Labute approximate surface area is 158 Å². The molecule has 0 N–H and O–H groups in total. The molecule has 2 aliphatic heterocycles. The number of piperidine rings is 1. The fourth-order valence-electron chi connectivity index (χ4n) is 4.66. The smallest absolute Gasteiger partial charge is 0.129 e. The van der Waals surface area contributed by atoms with Crippen molar-refractivity contribution < 1.29 is 9.13 Å². The van der Waals surface area contributed by atoms with Gasteiger partial charge in [0.05, 0.1) is 31.4 Å². The van der Waals surface area contributed by atoms with E-state index in [1.54, 1.807) is 19.2 Å². The lowest BCUT2D eigenvalue weighted by atomic mass is 9.85. The third-order valence-electron chi connectivity index (χ3n) is 6.01. The Morgan fingerprint density at radius 2 is 1.85 bits per heavy atom. The van der Waals surface area contributed by atoms with Gasteiger partial charge in [-0.3, -0.25) is 0 Å². The SMILES string of the molecule is COc1ccc(N2CCC(C3c4c(F)cccc4-c4cncn43)CC2)cc1. The number of hydrogen-bond acceptors (Lipinski definition) is 3. The summed E-state index contributed by atoms with van der Waals surface area (Å²) in [6, 6.07) is 13.7. The van der Waals surface area contributed by atoms with Crippen LogP contribution in [-0.4, -0.2) is 29.8 Å². The number of imidazole rings is 1. The van der Waals surface area contributed by atoms with E-state index in [1.165, 1.54) is 5.69 Å². The number of hydrogen-bond donors (Lipinski definition) is 0. The predicted octanol–water partition coefficient (Wildman–Crippen LogP) is 4.52. The zero-order valence-electron chi connectivity index (χ0n) is 15.3. The van der Waals surface area contributed by atoms with E-state index < -0.39 is 0 Å². The summed E-state index contributed by atoms with van der Waals surface area (Å²) in [5.74, 6) is 1.18. The summed E-state index contributed by atoms with van der Waals surface area (Å²) in [6.45, 7) is 1.95. The van der Waals surface area contributed by atoms with Crippen LogP contribution in [0, 0.1) is 11.7 Å². The van der Waals surface area contributed by atoms with E-state index in [0.717, 1.165) is 48.5 Å². The Balaban J connectivity index is 1.38. The molecular weight excluding hydrogens is 341 g/mol. The minimum absolute atomic E-state index is 0.0525. The van der Waals surface area contributed by atoms with E-state index in [2.05, 4.69) is 26.6 Å². The lowest BCUT2D eigenvalue weighted by Gasteiger charge is -2.37. The molecule has 138 valence electrons. The molecular formula is C22H22FN3O. The summed E-state index contributed by atoms with van der Waals surface area (Å²) >= 11 is 0. The van der Waals surface area contributed by atoms with Crippen molar-refractivity contribution >= 4 is 5.69 Å². The molecule has 1 unspecified atom stereocenters. The first-order valence-corrected chi connectivity index (χ1v) is 9.46. The second-order valence-electron chi connectivity index (χ2n) is 7.35. The highest BCUT2D eigenvalue weighted by atomic mass is 19.1. The number of halogens is 1. The number of benzene rings is 2. The Hall–Kier alpha value is -2.82. The van der Waals surface area contributed by atoms with Gasteiger partial charge in [0.25, 0.3) is 0 Å². The third kappa shape index (κ3) is 2.60. The fourth-order valence-corrected chi connectivity index (χ4v) is 4.66. The molecule has 2 aliphatic rings. The fraction of sp³-hybridized carbons (Fsp3) is 0.318. The largest absolute Gasteiger partial charge is 0.497 e. The number of rotatable bonds is 3. The van der Waals surface area contributed by atoms with E-state index in [9.17, 15) is 4.39 Å². The molecule has 1 fully saturated rings. The van der Waals surface area contributed by atoms with Crippen LogP contribution in [0.3, 0.4) is 0 Å². The van der Waals surface area contributed by atoms with Crippen molar-refractivity contribution in [2.24, 2.45) is 5.92 Å². The summed E-state index contributed by atoms with van der Waals surface area (Å²) in [5, 5.41) is 0. The van der Waals surface area contributed by atoms with Crippen molar-refractivity contribution in [2.75, 3.05) is 25.1 Å². The normalized spacial score (nSPS) is 19.0. The number of fused-ring (bicyclic) bond motifs is 3. The maximum atomic E-state index is 14.7. The van der Waals surface area contributed by atoms with E-state index in [0.29, 0.717) is 5.92 Å². The average Bonchev–Trinajstić information content (AvgIpc) is 3.30. The summed E-state index contributed by atoms with van der Waals surface area (Å²) in [4.78, 5) is 6.72. The van der Waals surface area contributed by atoms with Gasteiger partial charge < -0.3 is 14.2 Å². The predicted molar refractivity (Wildman–Crippen MR) is 104 cm³/mol. The average molecular weight is 363 g/mol. The molecule has 5 heteroatoms. The highest BCUT2D eigenvalue weighted by Crippen LogP contribution is 2.46. The van der Waals surface area contributed by atoms with Crippen LogP contribution in [0.25, 0.3) is 11.3 Å². The lowest BCUT2D eigenvalue weighted by molar-refractivity contribution is 0.312. The van der Waals surface area contributed by atoms with E-state index in [4.69, 9.17) is 4.74 Å². The maximum Gasteiger partial charge on any atom is 0.129 e. The van der Waals surface area contributed by atoms with E-state index in [1.807, 2.05) is 30.7 Å². The van der Waals surface area contributed by atoms with Crippen LogP contribution in [0.5, 0.6) is 5.75 Å². The van der Waals surface area contributed by atoms with Crippen LogP contribution in [0.4, 0.5) is 10.1 Å². The number of nitrogens with zero attached hydrogens (tertiary/aromatic N) is 3. The van der Waals surface area contributed by atoms with Crippen LogP contribution in [0.1, 0.15) is 24.4 Å². The van der Waals surface area contributed by atoms with Crippen LogP contribution in [0.15, 0.2) is 55.0 Å². The Kier molecular flexibility index (Phi) is 3.88. The summed E-state index contributed by atoms with van der Waals surface area (Å²) in [5.41, 5.74) is 4.09. The van der Waals surface area contributed by atoms with Crippen molar-refractivity contribution in [3.63, 3.8) is 0 Å². The molecule has 0 radical (unpaired) electrons. The van der Waals surface area contributed by atoms with Gasteiger partial charge in [0.15, 0.2) is 0 Å². The van der Waals surface area contributed by atoms with Crippen LogP contribution >= 0.6 is 0 Å². The molecule has 0 amide bonds. The second-order valence-corrected chi connectivity index (χ2v) is 7.35. The van der Waals surface area contributed by atoms with E-state index in [-0.39, 0.29) is 11.9 Å². The number of aromatic nitrogens is 2. The Morgan fingerprint density at radius 1 is 1.07 bits per heavy atom. The zero-order chi connectivity index (χ0) is 18.4. The number of ether oxygens (including phenoxy) is 1. The highest BCUT2D eigenvalue weighted by Gasteiger charge is 2.37.